The number of thioether (sulfide) groups is 1. The summed E-state index contributed by atoms with van der Waals surface area (Å²) in [6, 6.07) is 31.0. The van der Waals surface area contributed by atoms with Gasteiger partial charge in [-0.25, -0.2) is 4.39 Å². The molecule has 3 amide bonds. The highest BCUT2D eigenvalue weighted by Gasteiger charge is 2.18. The molecule has 0 radical (unpaired) electrons. The van der Waals surface area contributed by atoms with Crippen molar-refractivity contribution >= 4 is 78.8 Å². The Morgan fingerprint density at radius 2 is 1.52 bits per heavy atom. The Kier molecular flexibility index (Phi) is 10.9. The zero-order valence-corrected chi connectivity index (χ0v) is 28.2. The number of benzene rings is 4. The molecule has 5 rings (SSSR count). The highest BCUT2D eigenvalue weighted by atomic mass is 79.9. The van der Waals surface area contributed by atoms with Crippen molar-refractivity contribution in [1.29, 1.82) is 0 Å². The number of halogens is 3. The topological polar surface area (TPSA) is 100 Å². The Balaban J connectivity index is 1.28. The molecule has 0 fully saturated rings. The lowest BCUT2D eigenvalue weighted by atomic mass is 10.2. The Hall–Kier alpha value is -4.45. The van der Waals surface area contributed by atoms with Gasteiger partial charge < -0.3 is 20.4 Å². The number of carbonyl (C=O) groups excluding carboxylic acids is 3. The second-order valence-corrected chi connectivity index (χ2v) is 13.2. The molecule has 232 valence electrons. The molecular formula is C35H26Br2FN3O4S. The fourth-order valence-corrected chi connectivity index (χ4v) is 5.65. The van der Waals surface area contributed by atoms with Crippen molar-refractivity contribution in [3.8, 4) is 11.3 Å². The summed E-state index contributed by atoms with van der Waals surface area (Å²) >= 11 is 7.90. The van der Waals surface area contributed by atoms with E-state index in [1.165, 1.54) is 30.0 Å². The highest BCUT2D eigenvalue weighted by Crippen LogP contribution is 2.28. The highest BCUT2D eigenvalue weighted by molar-refractivity contribution is 9.10. The van der Waals surface area contributed by atoms with Crippen LogP contribution in [-0.4, -0.2) is 23.0 Å². The monoisotopic (exact) mass is 761 g/mol. The average Bonchev–Trinajstić information content (AvgIpc) is 3.52. The molecule has 11 heteroatoms. The van der Waals surface area contributed by atoms with Gasteiger partial charge in [-0.05, 0) is 85.8 Å². The Morgan fingerprint density at radius 1 is 0.826 bits per heavy atom. The number of nitrogens with one attached hydrogen (secondary N) is 3. The first-order chi connectivity index (χ1) is 22.1. The van der Waals surface area contributed by atoms with Gasteiger partial charge in [0.05, 0.1) is 10.9 Å². The first-order valence-corrected chi connectivity index (χ1v) is 16.4. The number of furan rings is 1. The Labute approximate surface area is 285 Å². The minimum atomic E-state index is -0.560. The molecule has 0 aliphatic rings. The zero-order valence-electron chi connectivity index (χ0n) is 24.2. The number of rotatable bonds is 10. The van der Waals surface area contributed by atoms with Gasteiger partial charge in [-0.3, -0.25) is 14.4 Å². The summed E-state index contributed by atoms with van der Waals surface area (Å²) in [7, 11) is 0. The van der Waals surface area contributed by atoms with E-state index in [2.05, 4.69) is 47.8 Å². The second-order valence-electron chi connectivity index (χ2n) is 9.94. The largest absolute Gasteiger partial charge is 0.457 e. The third kappa shape index (κ3) is 8.84. The summed E-state index contributed by atoms with van der Waals surface area (Å²) < 4.78 is 21.6. The zero-order chi connectivity index (χ0) is 32.6. The van der Waals surface area contributed by atoms with Gasteiger partial charge in [-0.1, -0.05) is 62.2 Å². The molecule has 7 nitrogen and oxygen atoms in total. The quantitative estimate of drug-likeness (QED) is 0.0974. The van der Waals surface area contributed by atoms with E-state index in [0.29, 0.717) is 27.2 Å². The summed E-state index contributed by atoms with van der Waals surface area (Å²) in [5.74, 6) is -0.928. The van der Waals surface area contributed by atoms with Gasteiger partial charge >= 0.3 is 0 Å². The minimum Gasteiger partial charge on any atom is -0.457 e. The molecule has 1 unspecified atom stereocenters. The number of hydrogen-bond acceptors (Lipinski definition) is 5. The van der Waals surface area contributed by atoms with Crippen molar-refractivity contribution in [2.24, 2.45) is 0 Å². The van der Waals surface area contributed by atoms with Crippen molar-refractivity contribution < 1.29 is 23.2 Å². The second kappa shape index (κ2) is 15.2. The fourth-order valence-electron chi connectivity index (χ4n) is 4.18. The van der Waals surface area contributed by atoms with Gasteiger partial charge in [-0.2, -0.15) is 0 Å². The smallest absolute Gasteiger partial charge is 0.272 e. The molecule has 1 atom stereocenters. The summed E-state index contributed by atoms with van der Waals surface area (Å²) in [6.07, 6.45) is 1.47. The lowest BCUT2D eigenvalue weighted by molar-refractivity contribution is -0.115. The van der Waals surface area contributed by atoms with Crippen molar-refractivity contribution in [1.82, 2.24) is 5.32 Å². The molecule has 0 saturated heterocycles. The lowest BCUT2D eigenvalue weighted by Gasteiger charge is -2.14. The maximum atomic E-state index is 14.1. The van der Waals surface area contributed by atoms with Gasteiger partial charge in [0.2, 0.25) is 5.91 Å². The van der Waals surface area contributed by atoms with Gasteiger partial charge in [0, 0.05) is 36.7 Å². The molecule has 5 aromatic rings. The predicted octanol–water partition coefficient (Wildman–Crippen LogP) is 9.14. The molecule has 4 aromatic carbocycles. The average molecular weight is 763 g/mol. The van der Waals surface area contributed by atoms with E-state index in [0.717, 1.165) is 14.9 Å². The van der Waals surface area contributed by atoms with Crippen LogP contribution in [0.3, 0.4) is 0 Å². The van der Waals surface area contributed by atoms with Crippen molar-refractivity contribution in [3.63, 3.8) is 0 Å². The first kappa shape index (κ1) is 32.9. The maximum Gasteiger partial charge on any atom is 0.272 e. The number of carbonyl (C=O) groups is 3. The van der Waals surface area contributed by atoms with Crippen LogP contribution in [0.2, 0.25) is 0 Å². The van der Waals surface area contributed by atoms with Gasteiger partial charge in [0.25, 0.3) is 11.8 Å². The molecule has 0 spiro atoms. The number of amides is 3. The molecule has 0 aliphatic carbocycles. The van der Waals surface area contributed by atoms with Gasteiger partial charge in [0.15, 0.2) is 0 Å². The standard InChI is InChI=1S/C35H26Br2FN3O4S/c1-21(33(42)40-30-17-11-25(37)19-29(30)38)46-28-15-12-26(13-16-28)39-35(44)31(41-34(43)23-5-3-2-4-6-23)20-27-14-18-32(45-27)22-7-9-24(36)10-8-22/h2-21H,1H3,(H,39,44)(H,40,42)(H,41,43). The van der Waals surface area contributed by atoms with Crippen LogP contribution in [-0.2, 0) is 9.59 Å². The van der Waals surface area contributed by atoms with Crippen LogP contribution in [0.4, 0.5) is 15.8 Å². The van der Waals surface area contributed by atoms with Crippen molar-refractivity contribution in [2.75, 3.05) is 10.6 Å². The normalized spacial score (nSPS) is 11.9. The maximum absolute atomic E-state index is 14.1. The van der Waals surface area contributed by atoms with E-state index in [9.17, 15) is 18.8 Å². The summed E-state index contributed by atoms with van der Waals surface area (Å²) in [5, 5.41) is 7.59. The Morgan fingerprint density at radius 3 is 2.22 bits per heavy atom. The molecule has 0 aliphatic heterocycles. The summed E-state index contributed by atoms with van der Waals surface area (Å²) in [6.45, 7) is 1.72. The van der Waals surface area contributed by atoms with E-state index in [-0.39, 0.29) is 17.3 Å². The molecule has 0 bridgehead atoms. The lowest BCUT2D eigenvalue weighted by Crippen LogP contribution is -2.30. The molecule has 3 N–H and O–H groups in total. The minimum absolute atomic E-state index is 0.0190. The van der Waals surface area contributed by atoms with E-state index in [4.69, 9.17) is 4.42 Å². The van der Waals surface area contributed by atoms with Crippen LogP contribution in [0, 0.1) is 5.82 Å². The van der Waals surface area contributed by atoms with E-state index in [1.54, 1.807) is 79.7 Å². The third-order valence-corrected chi connectivity index (χ3v) is 8.69. The summed E-state index contributed by atoms with van der Waals surface area (Å²) in [4.78, 5) is 39.9. The SMILES string of the molecule is CC(Sc1ccc(NC(=O)C(=Cc2ccc(-c3ccc(Br)cc3)o2)NC(=O)c2ccccc2)cc1)C(=O)Nc1ccc(Br)cc1F. The molecule has 46 heavy (non-hydrogen) atoms. The fraction of sp³-hybridized carbons (Fsp3) is 0.0571. The first-order valence-electron chi connectivity index (χ1n) is 13.9. The van der Waals surface area contributed by atoms with E-state index >= 15 is 0 Å². The van der Waals surface area contributed by atoms with E-state index in [1.807, 2.05) is 24.3 Å². The number of anilines is 2. The van der Waals surface area contributed by atoms with Crippen LogP contribution in [0.1, 0.15) is 23.0 Å². The molecule has 1 aromatic heterocycles. The molecular weight excluding hydrogens is 737 g/mol. The van der Waals surface area contributed by atoms with Crippen molar-refractivity contribution in [3.05, 3.63) is 141 Å². The van der Waals surface area contributed by atoms with Crippen LogP contribution in [0.5, 0.6) is 0 Å². The van der Waals surface area contributed by atoms with Gasteiger partial charge in [-0.15, -0.1) is 11.8 Å². The summed E-state index contributed by atoms with van der Waals surface area (Å²) in [5.41, 5.74) is 1.79. The van der Waals surface area contributed by atoms with Crippen LogP contribution in [0.15, 0.2) is 133 Å². The predicted molar refractivity (Wildman–Crippen MR) is 187 cm³/mol. The molecule has 0 saturated carbocycles. The van der Waals surface area contributed by atoms with Crippen molar-refractivity contribution in [2.45, 2.75) is 17.1 Å². The van der Waals surface area contributed by atoms with Gasteiger partial charge in [0.1, 0.15) is 23.0 Å². The van der Waals surface area contributed by atoms with Crippen LogP contribution >= 0.6 is 43.6 Å². The number of hydrogen-bond donors (Lipinski definition) is 3. The third-order valence-electron chi connectivity index (χ3n) is 6.55. The van der Waals surface area contributed by atoms with E-state index < -0.39 is 22.9 Å². The Bertz CT molecular complexity index is 1900. The molecule has 1 heterocycles. The van der Waals surface area contributed by atoms with Crippen LogP contribution in [0.25, 0.3) is 17.4 Å². The van der Waals surface area contributed by atoms with Crippen LogP contribution < -0.4 is 16.0 Å².